The van der Waals surface area contributed by atoms with Crippen LogP contribution < -0.4 is 0 Å². The molecule has 3 aromatic carbocycles. The van der Waals surface area contributed by atoms with Gasteiger partial charge in [0.1, 0.15) is 16.5 Å². The summed E-state index contributed by atoms with van der Waals surface area (Å²) in [6.45, 7) is 3.22. The summed E-state index contributed by atoms with van der Waals surface area (Å²) in [6.07, 6.45) is -0.472. The van der Waals surface area contributed by atoms with Crippen LogP contribution in [0.5, 0.6) is 5.75 Å². The molecule has 0 atom stereocenters. The first kappa shape index (κ1) is 23.7. The quantitative estimate of drug-likeness (QED) is 0.469. The smallest absolute Gasteiger partial charge is 0.338 e. The van der Waals surface area contributed by atoms with Gasteiger partial charge >= 0.3 is 5.97 Å². The Balaban J connectivity index is 2.05. The van der Waals surface area contributed by atoms with E-state index in [1.807, 2.05) is 0 Å². The van der Waals surface area contributed by atoms with Gasteiger partial charge in [0.25, 0.3) is 0 Å². The summed E-state index contributed by atoms with van der Waals surface area (Å²) in [5.74, 6) is -4.42. The second-order valence-corrected chi connectivity index (χ2v) is 9.67. The Morgan fingerprint density at radius 2 is 1.72 bits per heavy atom. The Hall–Kier alpha value is -2.97. The van der Waals surface area contributed by atoms with Crippen LogP contribution in [-0.2, 0) is 20.3 Å². The molecule has 0 aliphatic heterocycles. The Bertz CT molecular complexity index is 1280. The average molecular weight is 481 g/mol. The molecule has 168 valence electrons. The highest BCUT2D eigenvalue weighted by molar-refractivity contribution is 7.90. The van der Waals surface area contributed by atoms with E-state index < -0.39 is 49.9 Å². The number of phenols is 1. The molecule has 0 spiro atoms. The number of carbonyl (C=O) groups excluding carboxylic acids is 1. The first-order valence-electron chi connectivity index (χ1n) is 9.49. The molecule has 0 aromatic heterocycles. The zero-order valence-electron chi connectivity index (χ0n) is 17.1. The molecule has 5 nitrogen and oxygen atoms in total. The van der Waals surface area contributed by atoms with Gasteiger partial charge < -0.3 is 9.84 Å². The summed E-state index contributed by atoms with van der Waals surface area (Å²) >= 11 is 5.92. The van der Waals surface area contributed by atoms with Crippen molar-refractivity contribution in [3.8, 4) is 16.9 Å². The van der Waals surface area contributed by atoms with Crippen molar-refractivity contribution in [3.05, 3.63) is 82.4 Å². The molecule has 3 aromatic rings. The van der Waals surface area contributed by atoms with Gasteiger partial charge in [-0.3, -0.25) is 0 Å². The molecule has 9 heteroatoms. The molecule has 3 rings (SSSR count). The SMILES string of the molecule is CC(C)OC(=O)c1cc(Cl)c(O)c(S(=O)(=O)Cc2cc(-c3ccccc3)c(F)cc2F)c1. The van der Waals surface area contributed by atoms with Gasteiger partial charge in [0.05, 0.1) is 22.4 Å². The van der Waals surface area contributed by atoms with Crippen molar-refractivity contribution in [2.75, 3.05) is 0 Å². The minimum absolute atomic E-state index is 0.0220. The van der Waals surface area contributed by atoms with Crippen molar-refractivity contribution < 1.29 is 31.8 Å². The predicted octanol–water partition coefficient (Wildman–Crippen LogP) is 5.53. The molecule has 0 aliphatic carbocycles. The Morgan fingerprint density at radius 3 is 2.34 bits per heavy atom. The minimum Gasteiger partial charge on any atom is -0.505 e. The lowest BCUT2D eigenvalue weighted by Crippen LogP contribution is -2.13. The molecule has 32 heavy (non-hydrogen) atoms. The number of sulfone groups is 1. The third kappa shape index (κ3) is 5.08. The first-order chi connectivity index (χ1) is 15.0. The fraction of sp³-hybridized carbons (Fsp3) is 0.174. The van der Waals surface area contributed by atoms with E-state index in [4.69, 9.17) is 16.3 Å². The maximum absolute atomic E-state index is 14.5. The molecule has 0 heterocycles. The van der Waals surface area contributed by atoms with E-state index in [2.05, 4.69) is 0 Å². The number of esters is 1. The minimum atomic E-state index is -4.39. The lowest BCUT2D eigenvalue weighted by Gasteiger charge is -2.13. The number of aromatic hydroxyl groups is 1. The van der Waals surface area contributed by atoms with Crippen LogP contribution in [0.15, 0.2) is 59.5 Å². The first-order valence-corrected chi connectivity index (χ1v) is 11.5. The molecule has 0 bridgehead atoms. The van der Waals surface area contributed by atoms with E-state index in [9.17, 15) is 27.1 Å². The second kappa shape index (κ2) is 9.26. The standard InChI is InChI=1S/C23H19ClF2O5S/c1-13(2)31-23(28)15-9-18(24)22(27)21(10-15)32(29,30)12-16-8-17(20(26)11-19(16)25)14-6-4-3-5-7-14/h3-11,13,27H,12H2,1-2H3. The third-order valence-electron chi connectivity index (χ3n) is 4.51. The number of phenolic OH excluding ortho intramolecular Hbond substituents is 1. The summed E-state index contributed by atoms with van der Waals surface area (Å²) in [4.78, 5) is 11.5. The highest BCUT2D eigenvalue weighted by Crippen LogP contribution is 2.35. The summed E-state index contributed by atoms with van der Waals surface area (Å²) in [6, 6.07) is 12.0. The van der Waals surface area contributed by atoms with Crippen LogP contribution in [0, 0.1) is 11.6 Å². The molecule has 0 saturated heterocycles. The lowest BCUT2D eigenvalue weighted by molar-refractivity contribution is 0.0377. The van der Waals surface area contributed by atoms with Gasteiger partial charge in [-0.2, -0.15) is 0 Å². The van der Waals surface area contributed by atoms with Crippen LogP contribution in [0.25, 0.3) is 11.1 Å². The number of carbonyl (C=O) groups is 1. The van der Waals surface area contributed by atoms with Crippen LogP contribution in [-0.4, -0.2) is 25.6 Å². The van der Waals surface area contributed by atoms with Crippen LogP contribution in [0.3, 0.4) is 0 Å². The van der Waals surface area contributed by atoms with Crippen molar-refractivity contribution in [1.29, 1.82) is 0 Å². The van der Waals surface area contributed by atoms with Gasteiger partial charge in [-0.05, 0) is 37.6 Å². The Morgan fingerprint density at radius 1 is 1.06 bits per heavy atom. The van der Waals surface area contributed by atoms with Crippen LogP contribution in [0.4, 0.5) is 8.78 Å². The fourth-order valence-electron chi connectivity index (χ4n) is 3.04. The average Bonchev–Trinajstić information content (AvgIpc) is 2.71. The number of hydrogen-bond acceptors (Lipinski definition) is 5. The second-order valence-electron chi connectivity index (χ2n) is 7.31. The van der Waals surface area contributed by atoms with Gasteiger partial charge in [0, 0.05) is 17.2 Å². The summed E-state index contributed by atoms with van der Waals surface area (Å²) < 4.78 is 59.9. The van der Waals surface area contributed by atoms with Crippen molar-refractivity contribution >= 4 is 27.4 Å². The van der Waals surface area contributed by atoms with Crippen molar-refractivity contribution in [3.63, 3.8) is 0 Å². The van der Waals surface area contributed by atoms with E-state index in [1.165, 1.54) is 0 Å². The largest absolute Gasteiger partial charge is 0.505 e. The molecule has 0 radical (unpaired) electrons. The van der Waals surface area contributed by atoms with Crippen LogP contribution in [0.1, 0.15) is 29.8 Å². The number of benzene rings is 3. The molecule has 0 amide bonds. The maximum atomic E-state index is 14.5. The molecule has 0 saturated carbocycles. The zero-order valence-corrected chi connectivity index (χ0v) is 18.7. The normalized spacial score (nSPS) is 11.6. The lowest BCUT2D eigenvalue weighted by atomic mass is 10.0. The van der Waals surface area contributed by atoms with Gasteiger partial charge in [-0.1, -0.05) is 41.9 Å². The predicted molar refractivity (Wildman–Crippen MR) is 116 cm³/mol. The van der Waals surface area contributed by atoms with E-state index in [1.54, 1.807) is 44.2 Å². The number of hydrogen-bond donors (Lipinski definition) is 1. The number of halogens is 3. The topological polar surface area (TPSA) is 80.7 Å². The monoisotopic (exact) mass is 480 g/mol. The van der Waals surface area contributed by atoms with Crippen LogP contribution >= 0.6 is 11.6 Å². The van der Waals surface area contributed by atoms with E-state index in [-0.39, 0.29) is 21.7 Å². The Labute approximate surface area is 189 Å². The van der Waals surface area contributed by atoms with E-state index in [0.29, 0.717) is 11.6 Å². The van der Waals surface area contributed by atoms with Gasteiger partial charge in [-0.25, -0.2) is 22.0 Å². The number of rotatable bonds is 6. The summed E-state index contributed by atoms with van der Waals surface area (Å²) in [5, 5.41) is 9.85. The molecule has 0 aliphatic rings. The van der Waals surface area contributed by atoms with Gasteiger partial charge in [0.15, 0.2) is 15.6 Å². The van der Waals surface area contributed by atoms with Crippen LogP contribution in [0.2, 0.25) is 5.02 Å². The molecule has 0 unspecified atom stereocenters. The Kier molecular flexibility index (Phi) is 6.85. The molecule has 0 fully saturated rings. The van der Waals surface area contributed by atoms with Gasteiger partial charge in [0.2, 0.25) is 0 Å². The summed E-state index contributed by atoms with van der Waals surface area (Å²) in [7, 11) is -4.39. The molecular formula is C23H19ClF2O5S. The molecular weight excluding hydrogens is 462 g/mol. The zero-order chi connectivity index (χ0) is 23.6. The third-order valence-corrected chi connectivity index (χ3v) is 6.47. The van der Waals surface area contributed by atoms with Gasteiger partial charge in [-0.15, -0.1) is 0 Å². The van der Waals surface area contributed by atoms with E-state index in [0.717, 1.165) is 18.2 Å². The maximum Gasteiger partial charge on any atom is 0.338 e. The molecule has 1 N–H and O–H groups in total. The number of ether oxygens (including phenoxy) is 1. The highest BCUT2D eigenvalue weighted by Gasteiger charge is 2.26. The van der Waals surface area contributed by atoms with Crippen molar-refractivity contribution in [2.45, 2.75) is 30.6 Å². The fourth-order valence-corrected chi connectivity index (χ4v) is 4.81. The highest BCUT2D eigenvalue weighted by atomic mass is 35.5. The van der Waals surface area contributed by atoms with E-state index >= 15 is 0 Å². The van der Waals surface area contributed by atoms with Crippen molar-refractivity contribution in [1.82, 2.24) is 0 Å². The summed E-state index contributed by atoms with van der Waals surface area (Å²) in [5.41, 5.74) is -0.0396. The van der Waals surface area contributed by atoms with Crippen molar-refractivity contribution in [2.24, 2.45) is 0 Å².